The number of benzene rings is 1. The number of fused-ring (bicyclic) bond motifs is 1. The average Bonchev–Trinajstić information content (AvgIpc) is 2.94. The highest BCUT2D eigenvalue weighted by Crippen LogP contribution is 2.24. The van der Waals surface area contributed by atoms with Gasteiger partial charge in [0.15, 0.2) is 0 Å². The molecule has 2 aromatic heterocycles. The first kappa shape index (κ1) is 12.6. The summed E-state index contributed by atoms with van der Waals surface area (Å²) in [5.41, 5.74) is 1.90. The fraction of sp³-hybridized carbons (Fsp3) is 0.0769. The van der Waals surface area contributed by atoms with Gasteiger partial charge in [0.05, 0.1) is 17.4 Å². The maximum atomic E-state index is 12.2. The molecule has 0 saturated carbocycles. The summed E-state index contributed by atoms with van der Waals surface area (Å²) in [7, 11) is -3.66. The lowest BCUT2D eigenvalue weighted by Crippen LogP contribution is -2.12. The number of hydrogen-bond acceptors (Lipinski definition) is 4. The second-order valence-electron chi connectivity index (χ2n) is 4.37. The molecule has 20 heavy (non-hydrogen) atoms. The van der Waals surface area contributed by atoms with Gasteiger partial charge in [0.25, 0.3) is 10.0 Å². The summed E-state index contributed by atoms with van der Waals surface area (Å²) in [6.45, 7) is 1.86. The van der Waals surface area contributed by atoms with Gasteiger partial charge < -0.3 is 0 Å². The lowest BCUT2D eigenvalue weighted by molar-refractivity contribution is 0.601. The SMILES string of the molecule is Cc1ccc2cccc(NS(=O)(=O)c3cn[nH]c3)c2n1. The van der Waals surface area contributed by atoms with E-state index in [2.05, 4.69) is 19.9 Å². The average molecular weight is 288 g/mol. The molecule has 0 bridgehead atoms. The molecule has 1 aromatic carbocycles. The number of anilines is 1. The largest absolute Gasteiger partial charge is 0.284 e. The van der Waals surface area contributed by atoms with Crippen molar-refractivity contribution in [2.24, 2.45) is 0 Å². The Balaban J connectivity index is 2.10. The van der Waals surface area contributed by atoms with Gasteiger partial charge in [-0.25, -0.2) is 8.42 Å². The first-order valence-corrected chi connectivity index (χ1v) is 7.42. The molecule has 2 heterocycles. The van der Waals surface area contributed by atoms with Crippen LogP contribution in [0.4, 0.5) is 5.69 Å². The van der Waals surface area contributed by atoms with Crippen LogP contribution in [0.3, 0.4) is 0 Å². The molecule has 3 rings (SSSR count). The highest BCUT2D eigenvalue weighted by Gasteiger charge is 2.16. The molecule has 0 amide bonds. The molecular formula is C13H12N4O2S. The molecular weight excluding hydrogens is 276 g/mol. The Morgan fingerprint density at radius 1 is 1.20 bits per heavy atom. The standard InChI is InChI=1S/C13H12N4O2S/c1-9-5-6-10-3-2-4-12(13(10)16-9)17-20(18,19)11-7-14-15-8-11/h2-8,17H,1H3,(H,14,15). The lowest BCUT2D eigenvalue weighted by Gasteiger charge is -2.09. The molecule has 0 unspecified atom stereocenters. The van der Waals surface area contributed by atoms with Crippen LogP contribution in [0.2, 0.25) is 0 Å². The van der Waals surface area contributed by atoms with E-state index < -0.39 is 10.0 Å². The van der Waals surface area contributed by atoms with Gasteiger partial charge in [0.1, 0.15) is 4.90 Å². The number of para-hydroxylation sites is 1. The van der Waals surface area contributed by atoms with Crippen LogP contribution in [0.25, 0.3) is 10.9 Å². The van der Waals surface area contributed by atoms with Gasteiger partial charge in [-0.3, -0.25) is 14.8 Å². The topological polar surface area (TPSA) is 87.7 Å². The minimum Gasteiger partial charge on any atom is -0.284 e. The van der Waals surface area contributed by atoms with E-state index in [1.54, 1.807) is 12.1 Å². The Morgan fingerprint density at radius 3 is 2.80 bits per heavy atom. The second-order valence-corrected chi connectivity index (χ2v) is 6.05. The monoisotopic (exact) mass is 288 g/mol. The third-order valence-electron chi connectivity index (χ3n) is 2.89. The van der Waals surface area contributed by atoms with Crippen molar-refractivity contribution in [2.45, 2.75) is 11.8 Å². The Hall–Kier alpha value is -2.41. The van der Waals surface area contributed by atoms with Gasteiger partial charge in [-0.1, -0.05) is 18.2 Å². The molecule has 6 nitrogen and oxygen atoms in total. The maximum absolute atomic E-state index is 12.2. The van der Waals surface area contributed by atoms with E-state index in [9.17, 15) is 8.42 Å². The number of aryl methyl sites for hydroxylation is 1. The van der Waals surface area contributed by atoms with Crippen LogP contribution in [-0.2, 0) is 10.0 Å². The number of pyridine rings is 1. The Bertz CT molecular complexity index is 857. The first-order chi connectivity index (χ1) is 9.56. The smallest absolute Gasteiger partial charge is 0.265 e. The van der Waals surface area contributed by atoms with Crippen molar-refractivity contribution in [3.63, 3.8) is 0 Å². The Labute approximate surface area is 115 Å². The third-order valence-corrected chi connectivity index (χ3v) is 4.22. The van der Waals surface area contributed by atoms with Crippen molar-refractivity contribution in [3.05, 3.63) is 48.4 Å². The second kappa shape index (κ2) is 4.61. The zero-order valence-electron chi connectivity index (χ0n) is 10.7. The zero-order chi connectivity index (χ0) is 14.2. The normalized spacial score (nSPS) is 11.7. The highest BCUT2D eigenvalue weighted by atomic mass is 32.2. The van der Waals surface area contributed by atoms with Crippen LogP contribution < -0.4 is 4.72 Å². The minimum absolute atomic E-state index is 0.0853. The summed E-state index contributed by atoms with van der Waals surface area (Å²) in [5.74, 6) is 0. The number of aromatic nitrogens is 3. The van der Waals surface area contributed by atoms with Crippen LogP contribution >= 0.6 is 0 Å². The van der Waals surface area contributed by atoms with Gasteiger partial charge in [-0.05, 0) is 19.1 Å². The van der Waals surface area contributed by atoms with Crippen molar-refractivity contribution in [2.75, 3.05) is 4.72 Å². The van der Waals surface area contributed by atoms with Crippen molar-refractivity contribution in [3.8, 4) is 0 Å². The quantitative estimate of drug-likeness (QED) is 0.772. The van der Waals surface area contributed by atoms with Crippen LogP contribution in [0, 0.1) is 6.92 Å². The van der Waals surface area contributed by atoms with Gasteiger partial charge in [0.2, 0.25) is 0 Å². The van der Waals surface area contributed by atoms with E-state index >= 15 is 0 Å². The highest BCUT2D eigenvalue weighted by molar-refractivity contribution is 7.92. The van der Waals surface area contributed by atoms with E-state index in [0.717, 1.165) is 11.1 Å². The number of rotatable bonds is 3. The van der Waals surface area contributed by atoms with Gasteiger partial charge in [-0.15, -0.1) is 0 Å². The van der Waals surface area contributed by atoms with E-state index in [-0.39, 0.29) is 4.90 Å². The Kier molecular flexibility index (Phi) is 2.90. The molecule has 0 aliphatic heterocycles. The summed E-state index contributed by atoms with van der Waals surface area (Å²) in [6.07, 6.45) is 2.58. The van der Waals surface area contributed by atoms with E-state index in [1.807, 2.05) is 25.1 Å². The third kappa shape index (κ3) is 2.23. The Morgan fingerprint density at radius 2 is 2.05 bits per heavy atom. The van der Waals surface area contributed by atoms with Crippen LogP contribution in [0.5, 0.6) is 0 Å². The van der Waals surface area contributed by atoms with Crippen LogP contribution in [0.1, 0.15) is 5.69 Å². The molecule has 0 fully saturated rings. The number of nitrogens with one attached hydrogen (secondary N) is 2. The number of aromatic amines is 1. The van der Waals surface area contributed by atoms with Gasteiger partial charge in [-0.2, -0.15) is 5.10 Å². The molecule has 0 aliphatic rings. The van der Waals surface area contributed by atoms with Gasteiger partial charge >= 0.3 is 0 Å². The molecule has 2 N–H and O–H groups in total. The van der Waals surface area contributed by atoms with Crippen molar-refractivity contribution < 1.29 is 8.42 Å². The van der Waals surface area contributed by atoms with Crippen molar-refractivity contribution >= 4 is 26.6 Å². The van der Waals surface area contributed by atoms with E-state index in [1.165, 1.54) is 12.4 Å². The fourth-order valence-electron chi connectivity index (χ4n) is 1.92. The van der Waals surface area contributed by atoms with E-state index in [0.29, 0.717) is 11.2 Å². The zero-order valence-corrected chi connectivity index (χ0v) is 11.5. The summed E-state index contributed by atoms with van der Waals surface area (Å²) in [4.78, 5) is 4.48. The molecule has 0 aliphatic carbocycles. The van der Waals surface area contributed by atoms with E-state index in [4.69, 9.17) is 0 Å². The van der Waals surface area contributed by atoms with Crippen LogP contribution in [-0.4, -0.2) is 23.6 Å². The number of nitrogens with zero attached hydrogens (tertiary/aromatic N) is 2. The van der Waals surface area contributed by atoms with Gasteiger partial charge in [0, 0.05) is 17.3 Å². The summed E-state index contributed by atoms with van der Waals surface area (Å²) in [5, 5.41) is 7.01. The summed E-state index contributed by atoms with van der Waals surface area (Å²) < 4.78 is 26.9. The van der Waals surface area contributed by atoms with Crippen molar-refractivity contribution in [1.29, 1.82) is 0 Å². The number of hydrogen-bond donors (Lipinski definition) is 2. The lowest BCUT2D eigenvalue weighted by atomic mass is 10.2. The molecule has 0 spiro atoms. The molecule has 102 valence electrons. The van der Waals surface area contributed by atoms with Crippen LogP contribution in [0.15, 0.2) is 47.6 Å². The minimum atomic E-state index is -3.66. The molecule has 3 aromatic rings. The number of sulfonamides is 1. The first-order valence-electron chi connectivity index (χ1n) is 5.94. The molecule has 0 atom stereocenters. The molecule has 0 radical (unpaired) electrons. The number of H-pyrrole nitrogens is 1. The predicted octanol–water partition coefficient (Wildman–Crippen LogP) is 2.07. The molecule has 0 saturated heterocycles. The summed E-state index contributed by atoms with van der Waals surface area (Å²) in [6, 6.07) is 9.15. The predicted molar refractivity (Wildman–Crippen MR) is 75.9 cm³/mol. The summed E-state index contributed by atoms with van der Waals surface area (Å²) >= 11 is 0. The molecule has 7 heteroatoms. The van der Waals surface area contributed by atoms with Crippen molar-refractivity contribution in [1.82, 2.24) is 15.2 Å². The maximum Gasteiger partial charge on any atom is 0.265 e. The fourth-order valence-corrected chi connectivity index (χ4v) is 2.89.